The van der Waals surface area contributed by atoms with Crippen molar-refractivity contribution >= 4 is 40.0 Å². The predicted molar refractivity (Wildman–Crippen MR) is 111 cm³/mol. The Hall–Kier alpha value is -3.58. The molecule has 0 aliphatic rings. The summed E-state index contributed by atoms with van der Waals surface area (Å²) in [5, 5.41) is 2.92. The number of fused-ring (bicyclic) bond motifs is 2. The van der Waals surface area contributed by atoms with Crippen molar-refractivity contribution in [3.05, 3.63) is 78.1 Å². The highest BCUT2D eigenvalue weighted by Crippen LogP contribution is 2.23. The van der Waals surface area contributed by atoms with Gasteiger partial charge in [-0.25, -0.2) is 4.98 Å². The van der Waals surface area contributed by atoms with E-state index in [0.29, 0.717) is 5.56 Å². The number of hydrogen-bond donors (Lipinski definition) is 1. The number of amides is 1. The summed E-state index contributed by atoms with van der Waals surface area (Å²) in [6.45, 7) is 2.05. The van der Waals surface area contributed by atoms with Crippen molar-refractivity contribution < 1.29 is 4.79 Å². The number of anilines is 1. The zero-order valence-electron chi connectivity index (χ0n) is 15.0. The lowest BCUT2D eigenvalue weighted by Gasteiger charge is -2.06. The standard InChI is InChI=1S/C21H15N5OS/c1-13-3-2-10-26-12-19(23-20(13)26)14-4-7-16(8-5-14)22-21(27)15-6-9-17-18(11-15)25-28-24-17/h2-12H,1H3,(H,22,27). The van der Waals surface area contributed by atoms with E-state index >= 15 is 0 Å². The third-order valence-corrected chi connectivity index (χ3v) is 5.19. The normalized spacial score (nSPS) is 11.2. The summed E-state index contributed by atoms with van der Waals surface area (Å²) in [5.74, 6) is -0.175. The van der Waals surface area contributed by atoms with Gasteiger partial charge in [0.2, 0.25) is 0 Å². The molecule has 0 unspecified atom stereocenters. The number of imidazole rings is 1. The first kappa shape index (κ1) is 16.6. The molecule has 1 N–H and O–H groups in total. The van der Waals surface area contributed by atoms with Gasteiger partial charge in [0, 0.05) is 29.2 Å². The van der Waals surface area contributed by atoms with Gasteiger partial charge < -0.3 is 9.72 Å². The monoisotopic (exact) mass is 385 g/mol. The summed E-state index contributed by atoms with van der Waals surface area (Å²) in [4.78, 5) is 17.2. The van der Waals surface area contributed by atoms with E-state index in [1.165, 1.54) is 0 Å². The van der Waals surface area contributed by atoms with Crippen LogP contribution in [0.15, 0.2) is 67.0 Å². The van der Waals surface area contributed by atoms with Gasteiger partial charge in [0.1, 0.15) is 16.7 Å². The SMILES string of the molecule is Cc1cccn2cc(-c3ccc(NC(=O)c4ccc5nsnc5c4)cc3)nc12. The van der Waals surface area contributed by atoms with Crippen LogP contribution in [0.5, 0.6) is 0 Å². The fourth-order valence-corrected chi connectivity index (χ4v) is 3.66. The quantitative estimate of drug-likeness (QED) is 0.494. The highest BCUT2D eigenvalue weighted by Gasteiger charge is 2.10. The Morgan fingerprint density at radius 2 is 1.86 bits per heavy atom. The third-order valence-electron chi connectivity index (χ3n) is 4.63. The number of benzene rings is 2. The van der Waals surface area contributed by atoms with Crippen LogP contribution in [0.1, 0.15) is 15.9 Å². The molecule has 7 heteroatoms. The number of aromatic nitrogens is 4. The van der Waals surface area contributed by atoms with E-state index in [1.807, 2.05) is 66.2 Å². The van der Waals surface area contributed by atoms with Crippen LogP contribution < -0.4 is 5.32 Å². The minimum atomic E-state index is -0.175. The third kappa shape index (κ3) is 2.91. The van der Waals surface area contributed by atoms with Crippen LogP contribution in [0.4, 0.5) is 5.69 Å². The Morgan fingerprint density at radius 3 is 2.68 bits per heavy atom. The molecule has 0 bridgehead atoms. The fourth-order valence-electron chi connectivity index (χ4n) is 3.14. The number of aryl methyl sites for hydroxylation is 1. The van der Waals surface area contributed by atoms with Crippen LogP contribution >= 0.6 is 11.7 Å². The van der Waals surface area contributed by atoms with Gasteiger partial charge in [0.25, 0.3) is 5.91 Å². The van der Waals surface area contributed by atoms with Crippen LogP contribution in [0.3, 0.4) is 0 Å². The summed E-state index contributed by atoms with van der Waals surface area (Å²) in [6.07, 6.45) is 4.00. The molecule has 136 valence electrons. The number of carbonyl (C=O) groups is 1. The Kier molecular flexibility index (Phi) is 3.87. The fraction of sp³-hybridized carbons (Fsp3) is 0.0476. The van der Waals surface area contributed by atoms with Gasteiger partial charge in [-0.1, -0.05) is 18.2 Å². The Balaban J connectivity index is 1.38. The maximum atomic E-state index is 12.5. The van der Waals surface area contributed by atoms with Crippen molar-refractivity contribution in [1.29, 1.82) is 0 Å². The van der Waals surface area contributed by atoms with Gasteiger partial charge in [-0.15, -0.1) is 0 Å². The van der Waals surface area contributed by atoms with Crippen molar-refractivity contribution in [3.63, 3.8) is 0 Å². The smallest absolute Gasteiger partial charge is 0.255 e. The maximum absolute atomic E-state index is 12.5. The summed E-state index contributed by atoms with van der Waals surface area (Å²) < 4.78 is 10.4. The average molecular weight is 385 g/mol. The van der Waals surface area contributed by atoms with Crippen LogP contribution in [0.2, 0.25) is 0 Å². The molecule has 0 aliphatic heterocycles. The first-order valence-corrected chi connectivity index (χ1v) is 9.49. The van der Waals surface area contributed by atoms with Crippen LogP contribution in [0.25, 0.3) is 27.9 Å². The molecule has 0 atom stereocenters. The van der Waals surface area contributed by atoms with Crippen LogP contribution in [-0.2, 0) is 0 Å². The first-order valence-electron chi connectivity index (χ1n) is 8.76. The van der Waals surface area contributed by atoms with Gasteiger partial charge in [-0.05, 0) is 48.9 Å². The lowest BCUT2D eigenvalue weighted by atomic mass is 10.1. The Morgan fingerprint density at radius 1 is 1.04 bits per heavy atom. The molecule has 0 radical (unpaired) electrons. The molecular formula is C21H15N5OS. The molecule has 0 fully saturated rings. The second kappa shape index (κ2) is 6.54. The molecule has 0 saturated carbocycles. The highest BCUT2D eigenvalue weighted by atomic mass is 32.1. The lowest BCUT2D eigenvalue weighted by Crippen LogP contribution is -2.11. The summed E-state index contributed by atoms with van der Waals surface area (Å²) in [5.41, 5.74) is 6.78. The molecule has 0 spiro atoms. The van der Waals surface area contributed by atoms with Crippen molar-refractivity contribution in [2.24, 2.45) is 0 Å². The van der Waals surface area contributed by atoms with Crippen molar-refractivity contribution in [2.75, 3.05) is 5.32 Å². The van der Waals surface area contributed by atoms with Gasteiger partial charge in [0.15, 0.2) is 0 Å². The largest absolute Gasteiger partial charge is 0.322 e. The minimum Gasteiger partial charge on any atom is -0.322 e. The zero-order valence-corrected chi connectivity index (χ0v) is 15.8. The molecule has 5 aromatic rings. The molecule has 6 nitrogen and oxygen atoms in total. The molecule has 28 heavy (non-hydrogen) atoms. The Labute approximate surface area is 164 Å². The molecule has 3 aromatic heterocycles. The zero-order chi connectivity index (χ0) is 19.1. The highest BCUT2D eigenvalue weighted by molar-refractivity contribution is 7.00. The lowest BCUT2D eigenvalue weighted by molar-refractivity contribution is 0.102. The maximum Gasteiger partial charge on any atom is 0.255 e. The molecule has 5 rings (SSSR count). The van der Waals surface area contributed by atoms with Crippen molar-refractivity contribution in [2.45, 2.75) is 6.92 Å². The topological polar surface area (TPSA) is 72.2 Å². The van der Waals surface area contributed by atoms with Crippen LogP contribution in [0, 0.1) is 6.92 Å². The number of carbonyl (C=O) groups excluding carboxylic acids is 1. The molecule has 0 aliphatic carbocycles. The number of nitrogens with one attached hydrogen (secondary N) is 1. The van der Waals surface area contributed by atoms with Crippen molar-refractivity contribution in [1.82, 2.24) is 18.1 Å². The molecule has 3 heterocycles. The average Bonchev–Trinajstić information content (AvgIpc) is 3.35. The summed E-state index contributed by atoms with van der Waals surface area (Å²) >= 11 is 1.14. The van der Waals surface area contributed by atoms with Gasteiger partial charge in [-0.2, -0.15) is 8.75 Å². The van der Waals surface area contributed by atoms with E-state index in [0.717, 1.165) is 50.9 Å². The van der Waals surface area contributed by atoms with E-state index < -0.39 is 0 Å². The van der Waals surface area contributed by atoms with E-state index in [9.17, 15) is 4.79 Å². The van der Waals surface area contributed by atoms with Gasteiger partial charge in [-0.3, -0.25) is 4.79 Å². The van der Waals surface area contributed by atoms with E-state index in [-0.39, 0.29) is 5.91 Å². The second-order valence-corrected chi connectivity index (χ2v) is 7.08. The molecule has 0 saturated heterocycles. The molecular weight excluding hydrogens is 370 g/mol. The predicted octanol–water partition coefficient (Wildman–Crippen LogP) is 4.57. The van der Waals surface area contributed by atoms with Gasteiger partial charge in [0.05, 0.1) is 17.4 Å². The minimum absolute atomic E-state index is 0.175. The summed E-state index contributed by atoms with van der Waals surface area (Å²) in [6, 6.07) is 17.0. The van der Waals surface area contributed by atoms with Crippen LogP contribution in [-0.4, -0.2) is 24.0 Å². The van der Waals surface area contributed by atoms with E-state index in [2.05, 4.69) is 14.1 Å². The Bertz CT molecular complexity index is 1320. The summed E-state index contributed by atoms with van der Waals surface area (Å²) in [7, 11) is 0. The number of rotatable bonds is 3. The molecule has 2 aromatic carbocycles. The van der Waals surface area contributed by atoms with Crippen molar-refractivity contribution in [3.8, 4) is 11.3 Å². The second-order valence-electron chi connectivity index (χ2n) is 6.55. The van der Waals surface area contributed by atoms with E-state index in [4.69, 9.17) is 4.98 Å². The first-order chi connectivity index (χ1) is 13.7. The van der Waals surface area contributed by atoms with Gasteiger partial charge >= 0.3 is 0 Å². The number of pyridine rings is 1. The number of hydrogen-bond acceptors (Lipinski definition) is 5. The molecule has 1 amide bonds. The number of nitrogens with zero attached hydrogens (tertiary/aromatic N) is 4. The van der Waals surface area contributed by atoms with E-state index in [1.54, 1.807) is 12.1 Å².